The number of aromatic nitrogens is 1. The van der Waals surface area contributed by atoms with Crippen molar-refractivity contribution in [3.05, 3.63) is 42.1 Å². The lowest BCUT2D eigenvalue weighted by molar-refractivity contribution is 0.340. The van der Waals surface area contributed by atoms with Gasteiger partial charge in [0.1, 0.15) is 0 Å². The van der Waals surface area contributed by atoms with Crippen LogP contribution in [0.1, 0.15) is 38.4 Å². The van der Waals surface area contributed by atoms with E-state index < -0.39 is 0 Å². The molecule has 2 aromatic rings. The maximum atomic E-state index is 5.71. The van der Waals surface area contributed by atoms with Gasteiger partial charge in [0.05, 0.1) is 17.3 Å². The first-order chi connectivity index (χ1) is 8.80. The summed E-state index contributed by atoms with van der Waals surface area (Å²) in [5.74, 6) is 6.23. The van der Waals surface area contributed by atoms with Crippen LogP contribution in [0.25, 0.3) is 10.9 Å². The lowest BCUT2D eigenvalue weighted by Crippen LogP contribution is -2.33. The summed E-state index contributed by atoms with van der Waals surface area (Å²) < 4.78 is 0. The molecule has 0 aliphatic heterocycles. The smallest absolute Gasteiger partial charge is 0.0706 e. The van der Waals surface area contributed by atoms with Crippen LogP contribution in [0, 0.1) is 5.92 Å². The molecule has 3 heteroatoms. The van der Waals surface area contributed by atoms with E-state index in [4.69, 9.17) is 10.8 Å². The second-order valence-electron chi connectivity index (χ2n) is 4.65. The topological polar surface area (TPSA) is 50.9 Å². The molecule has 1 aromatic carbocycles. The number of nitrogens with zero attached hydrogens (tertiary/aromatic N) is 1. The Bertz CT molecular complexity index is 506. The zero-order valence-corrected chi connectivity index (χ0v) is 11.1. The molecule has 0 amide bonds. The SMILES string of the molecule is CCC(CC)C(NN)c1ccc2ccccc2n1. The van der Waals surface area contributed by atoms with E-state index in [9.17, 15) is 0 Å². The molecule has 0 fully saturated rings. The van der Waals surface area contributed by atoms with Crippen LogP contribution in [0.5, 0.6) is 0 Å². The lowest BCUT2D eigenvalue weighted by Gasteiger charge is -2.24. The molecular formula is C15H21N3. The molecule has 3 nitrogen and oxygen atoms in total. The van der Waals surface area contributed by atoms with Gasteiger partial charge in [-0.3, -0.25) is 16.3 Å². The zero-order valence-electron chi connectivity index (χ0n) is 11.1. The van der Waals surface area contributed by atoms with Crippen molar-refractivity contribution >= 4 is 10.9 Å². The quantitative estimate of drug-likeness (QED) is 0.626. The van der Waals surface area contributed by atoms with Crippen molar-refractivity contribution in [2.45, 2.75) is 32.7 Å². The van der Waals surface area contributed by atoms with Crippen molar-refractivity contribution < 1.29 is 0 Å². The van der Waals surface area contributed by atoms with Gasteiger partial charge in [0.2, 0.25) is 0 Å². The number of para-hydroxylation sites is 1. The third-order valence-corrected chi connectivity index (χ3v) is 3.64. The van der Waals surface area contributed by atoms with E-state index in [0.717, 1.165) is 24.1 Å². The van der Waals surface area contributed by atoms with E-state index in [1.54, 1.807) is 0 Å². The third-order valence-electron chi connectivity index (χ3n) is 3.64. The molecule has 2 rings (SSSR count). The number of benzene rings is 1. The van der Waals surface area contributed by atoms with Crippen LogP contribution in [-0.2, 0) is 0 Å². The average Bonchev–Trinajstić information content (AvgIpc) is 2.44. The van der Waals surface area contributed by atoms with Gasteiger partial charge >= 0.3 is 0 Å². The number of hydrogen-bond donors (Lipinski definition) is 2. The maximum Gasteiger partial charge on any atom is 0.0706 e. The van der Waals surface area contributed by atoms with Crippen LogP contribution < -0.4 is 11.3 Å². The number of pyridine rings is 1. The summed E-state index contributed by atoms with van der Waals surface area (Å²) >= 11 is 0. The zero-order chi connectivity index (χ0) is 13.0. The van der Waals surface area contributed by atoms with Gasteiger partial charge in [-0.2, -0.15) is 0 Å². The van der Waals surface area contributed by atoms with Gasteiger partial charge in [0.15, 0.2) is 0 Å². The van der Waals surface area contributed by atoms with Crippen molar-refractivity contribution in [3.63, 3.8) is 0 Å². The van der Waals surface area contributed by atoms with Crippen LogP contribution in [0.3, 0.4) is 0 Å². The highest BCUT2D eigenvalue weighted by Gasteiger charge is 2.20. The van der Waals surface area contributed by atoms with Crippen molar-refractivity contribution in [1.82, 2.24) is 10.4 Å². The Hall–Kier alpha value is -1.45. The third kappa shape index (κ3) is 2.52. The van der Waals surface area contributed by atoms with Gasteiger partial charge in [-0.15, -0.1) is 0 Å². The Kier molecular flexibility index (Phi) is 4.28. The van der Waals surface area contributed by atoms with E-state index in [-0.39, 0.29) is 6.04 Å². The van der Waals surface area contributed by atoms with Gasteiger partial charge in [0.25, 0.3) is 0 Å². The van der Waals surface area contributed by atoms with E-state index in [2.05, 4.69) is 37.5 Å². The number of nitrogens with two attached hydrogens (primary N) is 1. The fraction of sp³-hybridized carbons (Fsp3) is 0.400. The average molecular weight is 243 g/mol. The molecule has 0 bridgehead atoms. The molecular weight excluding hydrogens is 222 g/mol. The summed E-state index contributed by atoms with van der Waals surface area (Å²) in [6.07, 6.45) is 2.19. The largest absolute Gasteiger partial charge is 0.271 e. The highest BCUT2D eigenvalue weighted by Crippen LogP contribution is 2.26. The molecule has 0 aliphatic carbocycles. The van der Waals surface area contributed by atoms with Crippen LogP contribution in [0.2, 0.25) is 0 Å². The van der Waals surface area contributed by atoms with Crippen molar-refractivity contribution in [2.24, 2.45) is 11.8 Å². The van der Waals surface area contributed by atoms with Gasteiger partial charge < -0.3 is 0 Å². The minimum absolute atomic E-state index is 0.129. The van der Waals surface area contributed by atoms with Crippen molar-refractivity contribution in [2.75, 3.05) is 0 Å². The van der Waals surface area contributed by atoms with E-state index >= 15 is 0 Å². The molecule has 0 saturated heterocycles. The highest BCUT2D eigenvalue weighted by atomic mass is 15.2. The first-order valence-electron chi connectivity index (χ1n) is 6.62. The lowest BCUT2D eigenvalue weighted by atomic mass is 9.92. The molecule has 1 aromatic heterocycles. The summed E-state index contributed by atoms with van der Waals surface area (Å²) in [6, 6.07) is 12.5. The Morgan fingerprint density at radius 3 is 2.50 bits per heavy atom. The van der Waals surface area contributed by atoms with Crippen molar-refractivity contribution in [1.29, 1.82) is 0 Å². The molecule has 3 N–H and O–H groups in total. The maximum absolute atomic E-state index is 5.71. The van der Waals surface area contributed by atoms with E-state index in [1.165, 1.54) is 5.39 Å². The number of hydrazine groups is 1. The molecule has 1 heterocycles. The van der Waals surface area contributed by atoms with Crippen LogP contribution >= 0.6 is 0 Å². The summed E-state index contributed by atoms with van der Waals surface area (Å²) in [5.41, 5.74) is 4.98. The molecule has 0 radical (unpaired) electrons. The predicted molar refractivity (Wildman–Crippen MR) is 75.9 cm³/mol. The number of hydrogen-bond acceptors (Lipinski definition) is 3. The normalized spacial score (nSPS) is 13.1. The standard InChI is InChI=1S/C15H21N3/c1-3-11(4-2)15(18-16)14-10-9-12-7-5-6-8-13(12)17-14/h5-11,15,18H,3-4,16H2,1-2H3. The Morgan fingerprint density at radius 2 is 1.83 bits per heavy atom. The fourth-order valence-electron chi connectivity index (χ4n) is 2.48. The number of fused-ring (bicyclic) bond motifs is 1. The van der Waals surface area contributed by atoms with Crippen LogP contribution in [0.15, 0.2) is 36.4 Å². The predicted octanol–water partition coefficient (Wildman–Crippen LogP) is 3.18. The highest BCUT2D eigenvalue weighted by molar-refractivity contribution is 5.78. The number of nitrogens with one attached hydrogen (secondary N) is 1. The van der Waals surface area contributed by atoms with Gasteiger partial charge in [-0.25, -0.2) is 0 Å². The molecule has 0 aliphatic rings. The van der Waals surface area contributed by atoms with Gasteiger partial charge in [-0.1, -0.05) is 51.0 Å². The monoisotopic (exact) mass is 243 g/mol. The minimum Gasteiger partial charge on any atom is -0.271 e. The summed E-state index contributed by atoms with van der Waals surface area (Å²) in [7, 11) is 0. The summed E-state index contributed by atoms with van der Waals surface area (Å²) in [4.78, 5) is 4.72. The van der Waals surface area contributed by atoms with Gasteiger partial charge in [-0.05, 0) is 18.1 Å². The summed E-state index contributed by atoms with van der Waals surface area (Å²) in [5, 5.41) is 1.17. The first kappa shape index (κ1) is 13.0. The molecule has 0 saturated carbocycles. The fourth-order valence-corrected chi connectivity index (χ4v) is 2.48. The first-order valence-corrected chi connectivity index (χ1v) is 6.62. The molecule has 0 spiro atoms. The second-order valence-corrected chi connectivity index (χ2v) is 4.65. The number of rotatable bonds is 5. The van der Waals surface area contributed by atoms with E-state index in [0.29, 0.717) is 5.92 Å². The minimum atomic E-state index is 0.129. The summed E-state index contributed by atoms with van der Waals surface area (Å²) in [6.45, 7) is 4.39. The Balaban J connectivity index is 2.39. The van der Waals surface area contributed by atoms with Gasteiger partial charge in [0, 0.05) is 5.39 Å². The molecule has 1 unspecified atom stereocenters. The molecule has 96 valence electrons. The Labute approximate surface area is 108 Å². The van der Waals surface area contributed by atoms with Crippen LogP contribution in [0.4, 0.5) is 0 Å². The van der Waals surface area contributed by atoms with Crippen molar-refractivity contribution in [3.8, 4) is 0 Å². The second kappa shape index (κ2) is 5.94. The van der Waals surface area contributed by atoms with E-state index in [1.807, 2.05) is 18.2 Å². The van der Waals surface area contributed by atoms with Crippen LogP contribution in [-0.4, -0.2) is 4.98 Å². The molecule has 18 heavy (non-hydrogen) atoms. The Morgan fingerprint density at radius 1 is 1.11 bits per heavy atom. The molecule has 1 atom stereocenters.